The molecule has 29 heavy (non-hydrogen) atoms. The smallest absolute Gasteiger partial charge is 0.343 e. The quantitative estimate of drug-likeness (QED) is 0.335. The summed E-state index contributed by atoms with van der Waals surface area (Å²) >= 11 is 10.0. The number of anilines is 1. The van der Waals surface area contributed by atoms with Crippen molar-refractivity contribution in [2.24, 2.45) is 0 Å². The number of rotatable bonds is 6. The van der Waals surface area contributed by atoms with Gasteiger partial charge in [-0.2, -0.15) is 0 Å². The molecular weight excluding hydrogens is 478 g/mol. The average molecular weight is 494 g/mol. The highest BCUT2D eigenvalue weighted by Crippen LogP contribution is 2.40. The van der Waals surface area contributed by atoms with Gasteiger partial charge in [-0.3, -0.25) is 9.69 Å². The predicted molar refractivity (Wildman–Crippen MR) is 120 cm³/mol. The second-order valence-corrected chi connectivity index (χ2v) is 8.28. The van der Waals surface area contributed by atoms with Crippen LogP contribution in [0.3, 0.4) is 0 Å². The van der Waals surface area contributed by atoms with Crippen LogP contribution < -0.4 is 14.4 Å². The SMILES string of the molecule is COC(=O)COc1c(Br)cc(/C=C2/SC(=S)N(c3ccccc3)C2=O)cc1OC. The Morgan fingerprint density at radius 2 is 1.97 bits per heavy atom. The Labute approximate surface area is 185 Å². The average Bonchev–Trinajstić information content (AvgIpc) is 3.00. The van der Waals surface area contributed by atoms with Crippen molar-refractivity contribution in [1.82, 2.24) is 0 Å². The summed E-state index contributed by atoms with van der Waals surface area (Å²) in [5.74, 6) is 0.0832. The zero-order valence-electron chi connectivity index (χ0n) is 15.5. The molecule has 0 bridgehead atoms. The molecule has 2 aromatic rings. The number of nitrogens with zero attached hydrogens (tertiary/aromatic N) is 1. The summed E-state index contributed by atoms with van der Waals surface area (Å²) in [6.45, 7) is -0.249. The summed E-state index contributed by atoms with van der Waals surface area (Å²) in [6, 6.07) is 12.7. The van der Waals surface area contributed by atoms with Gasteiger partial charge < -0.3 is 14.2 Å². The van der Waals surface area contributed by atoms with E-state index in [0.717, 1.165) is 5.69 Å². The van der Waals surface area contributed by atoms with Crippen molar-refractivity contribution in [3.63, 3.8) is 0 Å². The Kier molecular flexibility index (Phi) is 6.94. The lowest BCUT2D eigenvalue weighted by molar-refractivity contribution is -0.142. The number of benzene rings is 2. The lowest BCUT2D eigenvalue weighted by Crippen LogP contribution is -2.27. The summed E-state index contributed by atoms with van der Waals surface area (Å²) in [5, 5.41) is 0. The first kappa shape index (κ1) is 21.4. The van der Waals surface area contributed by atoms with Crippen molar-refractivity contribution in [3.8, 4) is 11.5 Å². The fraction of sp³-hybridized carbons (Fsp3) is 0.150. The van der Waals surface area contributed by atoms with Gasteiger partial charge in [0.25, 0.3) is 5.91 Å². The Hall–Kier alpha value is -2.36. The molecule has 1 amide bonds. The molecule has 2 aromatic carbocycles. The third-order valence-electron chi connectivity index (χ3n) is 3.92. The van der Waals surface area contributed by atoms with Gasteiger partial charge in [-0.15, -0.1) is 0 Å². The standard InChI is InChI=1S/C20H16BrNO5S2/c1-25-15-9-12(8-14(21)18(15)27-11-17(23)26-2)10-16-19(24)22(20(28)29-16)13-6-4-3-5-7-13/h3-10H,11H2,1-2H3/b16-10+. The van der Waals surface area contributed by atoms with E-state index in [1.165, 1.54) is 30.9 Å². The highest BCUT2D eigenvalue weighted by Gasteiger charge is 2.33. The van der Waals surface area contributed by atoms with Crippen LogP contribution in [0.4, 0.5) is 5.69 Å². The molecule has 0 saturated carbocycles. The van der Waals surface area contributed by atoms with Gasteiger partial charge in [0.2, 0.25) is 0 Å². The number of hydrogen-bond acceptors (Lipinski definition) is 7. The van der Waals surface area contributed by atoms with E-state index in [1.54, 1.807) is 18.2 Å². The third-order valence-corrected chi connectivity index (χ3v) is 5.81. The van der Waals surface area contributed by atoms with Crippen molar-refractivity contribution in [2.75, 3.05) is 25.7 Å². The van der Waals surface area contributed by atoms with Gasteiger partial charge in [0.05, 0.1) is 29.3 Å². The maximum absolute atomic E-state index is 12.9. The number of methoxy groups -OCH3 is 2. The first-order valence-electron chi connectivity index (χ1n) is 8.34. The number of amides is 1. The van der Waals surface area contributed by atoms with Crippen molar-refractivity contribution in [3.05, 3.63) is 57.4 Å². The molecule has 6 nitrogen and oxygen atoms in total. The van der Waals surface area contributed by atoms with Gasteiger partial charge in [0, 0.05) is 0 Å². The number of carbonyl (C=O) groups is 2. The number of esters is 1. The largest absolute Gasteiger partial charge is 0.493 e. The maximum Gasteiger partial charge on any atom is 0.343 e. The van der Waals surface area contributed by atoms with E-state index in [9.17, 15) is 9.59 Å². The molecule has 1 aliphatic rings. The molecule has 0 radical (unpaired) electrons. The van der Waals surface area contributed by atoms with Crippen LogP contribution in [-0.4, -0.2) is 37.0 Å². The zero-order valence-corrected chi connectivity index (χ0v) is 18.7. The summed E-state index contributed by atoms with van der Waals surface area (Å²) < 4.78 is 16.5. The molecule has 1 fully saturated rings. The fourth-order valence-electron chi connectivity index (χ4n) is 2.57. The van der Waals surface area contributed by atoms with Gasteiger partial charge in [-0.05, 0) is 51.8 Å². The van der Waals surface area contributed by atoms with Crippen molar-refractivity contribution >= 4 is 67.9 Å². The molecule has 0 N–H and O–H groups in total. The topological polar surface area (TPSA) is 65.1 Å². The summed E-state index contributed by atoms with van der Waals surface area (Å²) in [4.78, 5) is 26.2. The van der Waals surface area contributed by atoms with Crippen molar-refractivity contribution in [2.45, 2.75) is 0 Å². The minimum Gasteiger partial charge on any atom is -0.493 e. The molecule has 150 valence electrons. The van der Waals surface area contributed by atoms with Crippen LogP contribution in [-0.2, 0) is 14.3 Å². The number of para-hydroxylation sites is 1. The minimum absolute atomic E-state index is 0.188. The Morgan fingerprint density at radius 1 is 1.24 bits per heavy atom. The van der Waals surface area contributed by atoms with Crippen molar-refractivity contribution in [1.29, 1.82) is 0 Å². The molecule has 0 aliphatic carbocycles. The highest BCUT2D eigenvalue weighted by molar-refractivity contribution is 9.10. The van der Waals surface area contributed by atoms with Crippen molar-refractivity contribution < 1.29 is 23.8 Å². The van der Waals surface area contributed by atoms with E-state index < -0.39 is 5.97 Å². The van der Waals surface area contributed by atoms with E-state index in [4.69, 9.17) is 21.7 Å². The first-order chi connectivity index (χ1) is 13.9. The molecule has 0 spiro atoms. The molecule has 1 aliphatic heterocycles. The van der Waals surface area contributed by atoms with E-state index in [0.29, 0.717) is 30.8 Å². The van der Waals surface area contributed by atoms with Crippen LogP contribution >= 0.6 is 39.9 Å². The lowest BCUT2D eigenvalue weighted by atomic mass is 10.1. The first-order valence-corrected chi connectivity index (χ1v) is 10.4. The third kappa shape index (κ3) is 4.80. The molecular formula is C20H16BrNO5S2. The molecule has 9 heteroatoms. The van der Waals surface area contributed by atoms with Gasteiger partial charge >= 0.3 is 5.97 Å². The second-order valence-electron chi connectivity index (χ2n) is 5.75. The Morgan fingerprint density at radius 3 is 2.62 bits per heavy atom. The highest BCUT2D eigenvalue weighted by atomic mass is 79.9. The number of hydrogen-bond donors (Lipinski definition) is 0. The second kappa shape index (κ2) is 9.43. The fourth-order valence-corrected chi connectivity index (χ4v) is 4.45. The van der Waals surface area contributed by atoms with Gasteiger partial charge in [-0.25, -0.2) is 4.79 Å². The summed E-state index contributed by atoms with van der Waals surface area (Å²) in [5.41, 5.74) is 1.44. The summed E-state index contributed by atoms with van der Waals surface area (Å²) in [6.07, 6.45) is 1.74. The van der Waals surface area contributed by atoms with Crippen LogP contribution in [0, 0.1) is 0 Å². The molecule has 0 unspecified atom stereocenters. The summed E-state index contributed by atoms with van der Waals surface area (Å²) in [7, 11) is 2.78. The van der Waals surface area contributed by atoms with E-state index in [1.807, 2.05) is 30.3 Å². The van der Waals surface area contributed by atoms with Gasteiger partial charge in [0.1, 0.15) is 0 Å². The van der Waals surface area contributed by atoms with E-state index in [2.05, 4.69) is 20.7 Å². The van der Waals surface area contributed by atoms with Crippen LogP contribution in [0.5, 0.6) is 11.5 Å². The van der Waals surface area contributed by atoms with Gasteiger partial charge in [-0.1, -0.05) is 42.2 Å². The number of halogens is 1. The lowest BCUT2D eigenvalue weighted by Gasteiger charge is -2.14. The molecule has 1 heterocycles. The molecule has 0 atom stereocenters. The van der Waals surface area contributed by atoms with Crippen LogP contribution in [0.25, 0.3) is 6.08 Å². The minimum atomic E-state index is -0.507. The molecule has 1 saturated heterocycles. The monoisotopic (exact) mass is 493 g/mol. The zero-order chi connectivity index (χ0) is 21.0. The van der Waals surface area contributed by atoms with E-state index in [-0.39, 0.29) is 12.5 Å². The Bertz CT molecular complexity index is 994. The predicted octanol–water partition coefficient (Wildman–Crippen LogP) is 4.42. The van der Waals surface area contributed by atoms with Crippen LogP contribution in [0.15, 0.2) is 51.8 Å². The maximum atomic E-state index is 12.9. The molecule has 3 rings (SSSR count). The van der Waals surface area contributed by atoms with Gasteiger partial charge in [0.15, 0.2) is 22.4 Å². The number of thioether (sulfide) groups is 1. The van der Waals surface area contributed by atoms with Crippen LogP contribution in [0.2, 0.25) is 0 Å². The Balaban J connectivity index is 1.88. The molecule has 0 aromatic heterocycles. The number of ether oxygens (including phenoxy) is 3. The number of thiocarbonyl (C=S) groups is 1. The van der Waals surface area contributed by atoms with E-state index >= 15 is 0 Å². The number of carbonyl (C=O) groups excluding carboxylic acids is 2. The normalized spacial score (nSPS) is 15.0. The van der Waals surface area contributed by atoms with Crippen LogP contribution in [0.1, 0.15) is 5.56 Å².